The molecule has 2 N–H and O–H groups in total. The third-order valence-electron chi connectivity index (χ3n) is 2.37. The third kappa shape index (κ3) is 3.03. The van der Waals surface area contributed by atoms with Crippen molar-refractivity contribution in [2.45, 2.75) is 19.3 Å². The zero-order chi connectivity index (χ0) is 8.97. The summed E-state index contributed by atoms with van der Waals surface area (Å²) in [5.41, 5.74) is 5.48. The summed E-state index contributed by atoms with van der Waals surface area (Å²) < 4.78 is 23.6. The van der Waals surface area contributed by atoms with Crippen molar-refractivity contribution < 1.29 is 8.78 Å². The number of hydrogen-bond donors (Lipinski definition) is 1. The van der Waals surface area contributed by atoms with Crippen LogP contribution in [0.5, 0.6) is 0 Å². The van der Waals surface area contributed by atoms with Gasteiger partial charge in [0.15, 0.2) is 0 Å². The molecule has 0 spiro atoms. The summed E-state index contributed by atoms with van der Waals surface area (Å²) in [7, 11) is 0. The van der Waals surface area contributed by atoms with Crippen LogP contribution in [0, 0.1) is 5.92 Å². The molecule has 1 atom stereocenters. The van der Waals surface area contributed by atoms with Crippen molar-refractivity contribution in [2.75, 3.05) is 26.2 Å². The Kier molecular flexibility index (Phi) is 3.88. The van der Waals surface area contributed by atoms with Crippen molar-refractivity contribution >= 4 is 0 Å². The lowest BCUT2D eigenvalue weighted by Crippen LogP contribution is -2.25. The Morgan fingerprint density at radius 3 is 2.75 bits per heavy atom. The molecular formula is C8H16F2N2. The van der Waals surface area contributed by atoms with Crippen LogP contribution in [0.15, 0.2) is 0 Å². The second-order valence-electron chi connectivity index (χ2n) is 3.37. The first-order valence-corrected chi connectivity index (χ1v) is 4.43. The van der Waals surface area contributed by atoms with E-state index in [1.54, 1.807) is 0 Å². The molecule has 0 bridgehead atoms. The molecular weight excluding hydrogens is 162 g/mol. The second-order valence-corrected chi connectivity index (χ2v) is 3.37. The van der Waals surface area contributed by atoms with E-state index in [1.165, 1.54) is 0 Å². The SMILES string of the molecule is NCC1CCN(CCC(F)F)C1. The van der Waals surface area contributed by atoms with Gasteiger partial charge in [-0.2, -0.15) is 0 Å². The van der Waals surface area contributed by atoms with Crippen LogP contribution in [-0.4, -0.2) is 37.5 Å². The zero-order valence-corrected chi connectivity index (χ0v) is 7.18. The average molecular weight is 178 g/mol. The number of rotatable bonds is 4. The first kappa shape index (κ1) is 9.86. The maximum atomic E-state index is 11.8. The number of likely N-dealkylation sites (tertiary alicyclic amines) is 1. The minimum Gasteiger partial charge on any atom is -0.330 e. The van der Waals surface area contributed by atoms with E-state index < -0.39 is 6.43 Å². The minimum absolute atomic E-state index is 0.00269. The summed E-state index contributed by atoms with van der Waals surface area (Å²) in [5, 5.41) is 0. The Morgan fingerprint density at radius 2 is 2.25 bits per heavy atom. The Labute approximate surface area is 71.7 Å². The first-order chi connectivity index (χ1) is 5.72. The Hall–Kier alpha value is -0.220. The van der Waals surface area contributed by atoms with Gasteiger partial charge in [0, 0.05) is 19.5 Å². The van der Waals surface area contributed by atoms with Gasteiger partial charge in [-0.3, -0.25) is 0 Å². The Morgan fingerprint density at radius 1 is 1.50 bits per heavy atom. The van der Waals surface area contributed by atoms with E-state index in [-0.39, 0.29) is 6.42 Å². The van der Waals surface area contributed by atoms with Crippen LogP contribution in [0.4, 0.5) is 8.78 Å². The molecule has 1 aliphatic heterocycles. The molecule has 0 aromatic rings. The van der Waals surface area contributed by atoms with Gasteiger partial charge >= 0.3 is 0 Å². The van der Waals surface area contributed by atoms with E-state index in [0.717, 1.165) is 19.5 Å². The first-order valence-electron chi connectivity index (χ1n) is 4.43. The van der Waals surface area contributed by atoms with Crippen molar-refractivity contribution in [3.8, 4) is 0 Å². The summed E-state index contributed by atoms with van der Waals surface area (Å²) in [6.45, 7) is 3.05. The smallest absolute Gasteiger partial charge is 0.239 e. The standard InChI is InChI=1S/C8H16F2N2/c9-8(10)2-4-12-3-1-7(5-11)6-12/h7-8H,1-6,11H2. The van der Waals surface area contributed by atoms with Crippen LogP contribution in [0.2, 0.25) is 0 Å². The molecule has 0 aromatic heterocycles. The normalized spacial score (nSPS) is 25.5. The molecule has 1 fully saturated rings. The lowest BCUT2D eigenvalue weighted by Gasteiger charge is -2.14. The predicted molar refractivity (Wildman–Crippen MR) is 44.2 cm³/mol. The van der Waals surface area contributed by atoms with E-state index in [2.05, 4.69) is 4.90 Å². The molecule has 2 nitrogen and oxygen atoms in total. The molecule has 12 heavy (non-hydrogen) atoms. The van der Waals surface area contributed by atoms with Gasteiger partial charge in [-0.1, -0.05) is 0 Å². The maximum absolute atomic E-state index is 11.8. The number of alkyl halides is 2. The highest BCUT2D eigenvalue weighted by molar-refractivity contribution is 4.75. The van der Waals surface area contributed by atoms with Gasteiger partial charge in [-0.15, -0.1) is 0 Å². The molecule has 0 radical (unpaired) electrons. The van der Waals surface area contributed by atoms with E-state index in [4.69, 9.17) is 5.73 Å². The van der Waals surface area contributed by atoms with E-state index in [1.807, 2.05) is 0 Å². The Balaban J connectivity index is 2.11. The molecule has 1 saturated heterocycles. The predicted octanol–water partition coefficient (Wildman–Crippen LogP) is 0.922. The van der Waals surface area contributed by atoms with Crippen molar-refractivity contribution in [1.82, 2.24) is 4.90 Å². The van der Waals surface area contributed by atoms with Gasteiger partial charge in [0.1, 0.15) is 0 Å². The summed E-state index contributed by atoms with van der Waals surface area (Å²) in [4.78, 5) is 2.07. The maximum Gasteiger partial charge on any atom is 0.239 e. The molecule has 0 aromatic carbocycles. The van der Waals surface area contributed by atoms with Crippen molar-refractivity contribution in [3.63, 3.8) is 0 Å². The molecule has 0 amide bonds. The van der Waals surface area contributed by atoms with Crippen LogP contribution in [0.1, 0.15) is 12.8 Å². The highest BCUT2D eigenvalue weighted by atomic mass is 19.3. The fourth-order valence-electron chi connectivity index (χ4n) is 1.59. The molecule has 4 heteroatoms. The number of hydrogen-bond acceptors (Lipinski definition) is 2. The monoisotopic (exact) mass is 178 g/mol. The van der Waals surface area contributed by atoms with E-state index in [0.29, 0.717) is 19.0 Å². The van der Waals surface area contributed by atoms with Gasteiger partial charge in [-0.25, -0.2) is 8.78 Å². The molecule has 72 valence electrons. The number of nitrogens with zero attached hydrogens (tertiary/aromatic N) is 1. The fourth-order valence-corrected chi connectivity index (χ4v) is 1.59. The Bertz CT molecular complexity index is 130. The van der Waals surface area contributed by atoms with Crippen LogP contribution in [-0.2, 0) is 0 Å². The number of halogens is 2. The summed E-state index contributed by atoms with van der Waals surface area (Å²) in [5.74, 6) is 0.530. The highest BCUT2D eigenvalue weighted by Crippen LogP contribution is 2.15. The van der Waals surface area contributed by atoms with Crippen molar-refractivity contribution in [2.24, 2.45) is 11.7 Å². The van der Waals surface area contributed by atoms with Crippen LogP contribution >= 0.6 is 0 Å². The van der Waals surface area contributed by atoms with Gasteiger partial charge < -0.3 is 10.6 Å². The molecule has 1 heterocycles. The lowest BCUT2D eigenvalue weighted by atomic mass is 10.1. The lowest BCUT2D eigenvalue weighted by molar-refractivity contribution is 0.120. The molecule has 1 aliphatic rings. The molecule has 0 aliphatic carbocycles. The van der Waals surface area contributed by atoms with Crippen LogP contribution in [0.25, 0.3) is 0 Å². The van der Waals surface area contributed by atoms with Crippen LogP contribution < -0.4 is 5.73 Å². The quantitative estimate of drug-likeness (QED) is 0.693. The van der Waals surface area contributed by atoms with Gasteiger partial charge in [-0.05, 0) is 25.4 Å². The van der Waals surface area contributed by atoms with Gasteiger partial charge in [0.05, 0.1) is 0 Å². The average Bonchev–Trinajstić information content (AvgIpc) is 2.48. The topological polar surface area (TPSA) is 29.3 Å². The van der Waals surface area contributed by atoms with Crippen molar-refractivity contribution in [3.05, 3.63) is 0 Å². The minimum atomic E-state index is -2.16. The highest BCUT2D eigenvalue weighted by Gasteiger charge is 2.21. The molecule has 1 rings (SSSR count). The third-order valence-corrected chi connectivity index (χ3v) is 2.37. The summed E-state index contributed by atoms with van der Waals surface area (Å²) in [6.07, 6.45) is -1.10. The summed E-state index contributed by atoms with van der Waals surface area (Å²) in [6, 6.07) is 0. The fraction of sp³-hybridized carbons (Fsp3) is 1.00. The second kappa shape index (κ2) is 4.72. The van der Waals surface area contributed by atoms with Gasteiger partial charge in [0.25, 0.3) is 0 Å². The van der Waals surface area contributed by atoms with Crippen LogP contribution in [0.3, 0.4) is 0 Å². The largest absolute Gasteiger partial charge is 0.330 e. The van der Waals surface area contributed by atoms with E-state index in [9.17, 15) is 8.78 Å². The van der Waals surface area contributed by atoms with E-state index >= 15 is 0 Å². The molecule has 0 saturated carbocycles. The van der Waals surface area contributed by atoms with Crippen molar-refractivity contribution in [1.29, 1.82) is 0 Å². The molecule has 1 unspecified atom stereocenters. The number of nitrogens with two attached hydrogens (primary N) is 1. The van der Waals surface area contributed by atoms with Gasteiger partial charge in [0.2, 0.25) is 6.43 Å². The zero-order valence-electron chi connectivity index (χ0n) is 7.18. The summed E-state index contributed by atoms with van der Waals surface area (Å²) >= 11 is 0.